The number of halogens is 2. The molecule has 0 aliphatic carbocycles. The highest BCUT2D eigenvalue weighted by Gasteiger charge is 2.10. The van der Waals surface area contributed by atoms with Crippen molar-refractivity contribution in [1.29, 1.82) is 0 Å². The Morgan fingerprint density at radius 3 is 2.77 bits per heavy atom. The third kappa shape index (κ3) is 1.31. The Labute approximate surface area is 85.6 Å². The van der Waals surface area contributed by atoms with Crippen LogP contribution in [0.1, 0.15) is 5.56 Å². The van der Waals surface area contributed by atoms with Gasteiger partial charge < -0.3 is 10.7 Å². The number of benzene rings is 1. The summed E-state index contributed by atoms with van der Waals surface area (Å²) in [5.41, 5.74) is 7.37. The summed E-state index contributed by atoms with van der Waals surface area (Å²) < 4.78 is 0. The zero-order valence-corrected chi connectivity index (χ0v) is 8.28. The van der Waals surface area contributed by atoms with Gasteiger partial charge in [-0.15, -0.1) is 0 Å². The van der Waals surface area contributed by atoms with E-state index in [1.54, 1.807) is 0 Å². The monoisotopic (exact) mass is 214 g/mol. The Morgan fingerprint density at radius 2 is 2.08 bits per heavy atom. The fourth-order valence-electron chi connectivity index (χ4n) is 1.43. The average molecular weight is 215 g/mol. The van der Waals surface area contributed by atoms with Crippen LogP contribution in [0.5, 0.6) is 0 Å². The molecule has 2 rings (SSSR count). The lowest BCUT2D eigenvalue weighted by molar-refractivity contribution is 1.08. The van der Waals surface area contributed by atoms with Gasteiger partial charge in [0.15, 0.2) is 0 Å². The van der Waals surface area contributed by atoms with Gasteiger partial charge in [-0.05, 0) is 12.1 Å². The SMILES string of the molecule is NCc1c(Cl)[nH]c2cccc(Cl)c12. The Hall–Kier alpha value is -0.700. The van der Waals surface area contributed by atoms with Gasteiger partial charge >= 0.3 is 0 Å². The number of hydrogen-bond acceptors (Lipinski definition) is 1. The van der Waals surface area contributed by atoms with Crippen molar-refractivity contribution in [2.45, 2.75) is 6.54 Å². The number of rotatable bonds is 1. The van der Waals surface area contributed by atoms with Gasteiger partial charge in [-0.1, -0.05) is 29.3 Å². The Morgan fingerprint density at radius 1 is 1.31 bits per heavy atom. The topological polar surface area (TPSA) is 41.8 Å². The van der Waals surface area contributed by atoms with Gasteiger partial charge in [-0.3, -0.25) is 0 Å². The van der Waals surface area contributed by atoms with E-state index in [1.165, 1.54) is 0 Å². The van der Waals surface area contributed by atoms with E-state index < -0.39 is 0 Å². The smallest absolute Gasteiger partial charge is 0.111 e. The fourth-order valence-corrected chi connectivity index (χ4v) is 1.99. The van der Waals surface area contributed by atoms with Crippen molar-refractivity contribution in [3.05, 3.63) is 33.9 Å². The van der Waals surface area contributed by atoms with Crippen LogP contribution >= 0.6 is 23.2 Å². The van der Waals surface area contributed by atoms with Gasteiger partial charge in [0.2, 0.25) is 0 Å². The maximum absolute atomic E-state index is 6.02. The first-order valence-electron chi connectivity index (χ1n) is 3.88. The molecule has 4 heteroatoms. The highest BCUT2D eigenvalue weighted by atomic mass is 35.5. The normalized spacial score (nSPS) is 11.0. The first-order valence-corrected chi connectivity index (χ1v) is 4.64. The van der Waals surface area contributed by atoms with Crippen LogP contribution in [-0.4, -0.2) is 4.98 Å². The Bertz CT molecular complexity index is 448. The van der Waals surface area contributed by atoms with E-state index >= 15 is 0 Å². The summed E-state index contributed by atoms with van der Waals surface area (Å²) in [7, 11) is 0. The molecular weight excluding hydrogens is 207 g/mol. The molecule has 0 aliphatic rings. The molecule has 0 amide bonds. The molecule has 0 fully saturated rings. The predicted molar refractivity (Wildman–Crippen MR) is 56.2 cm³/mol. The van der Waals surface area contributed by atoms with Crippen molar-refractivity contribution >= 4 is 34.1 Å². The summed E-state index contributed by atoms with van der Waals surface area (Å²) in [5, 5.41) is 2.18. The lowest BCUT2D eigenvalue weighted by Crippen LogP contribution is -1.95. The molecular formula is C9H8Cl2N2. The zero-order valence-electron chi connectivity index (χ0n) is 6.77. The van der Waals surface area contributed by atoms with Crippen molar-refractivity contribution in [3.63, 3.8) is 0 Å². The van der Waals surface area contributed by atoms with Crippen LogP contribution < -0.4 is 5.73 Å². The molecule has 1 aromatic heterocycles. The highest BCUT2D eigenvalue weighted by Crippen LogP contribution is 2.31. The molecule has 1 heterocycles. The first-order chi connectivity index (χ1) is 6.24. The van der Waals surface area contributed by atoms with Crippen molar-refractivity contribution in [2.24, 2.45) is 5.73 Å². The summed E-state index contributed by atoms with van der Waals surface area (Å²) in [5.74, 6) is 0. The lowest BCUT2D eigenvalue weighted by Gasteiger charge is -1.96. The molecule has 0 unspecified atom stereocenters. The van der Waals surface area contributed by atoms with Crippen LogP contribution in [0.3, 0.4) is 0 Å². The minimum Gasteiger partial charge on any atom is -0.345 e. The van der Waals surface area contributed by atoms with Crippen LogP contribution in [0.4, 0.5) is 0 Å². The summed E-state index contributed by atoms with van der Waals surface area (Å²) in [4.78, 5) is 3.02. The van der Waals surface area contributed by atoms with Crippen LogP contribution in [0, 0.1) is 0 Å². The van der Waals surface area contributed by atoms with Crippen LogP contribution in [0.25, 0.3) is 10.9 Å². The van der Waals surface area contributed by atoms with Gasteiger partial charge in [0.1, 0.15) is 5.15 Å². The fraction of sp³-hybridized carbons (Fsp3) is 0.111. The van der Waals surface area contributed by atoms with Crippen LogP contribution in [0.2, 0.25) is 10.2 Å². The minimum atomic E-state index is 0.391. The molecule has 0 saturated carbocycles. The number of hydrogen-bond donors (Lipinski definition) is 2. The second-order valence-electron chi connectivity index (χ2n) is 2.78. The van der Waals surface area contributed by atoms with Gasteiger partial charge in [0.25, 0.3) is 0 Å². The van der Waals surface area contributed by atoms with E-state index in [4.69, 9.17) is 28.9 Å². The van der Waals surface area contributed by atoms with E-state index in [0.29, 0.717) is 16.7 Å². The van der Waals surface area contributed by atoms with Gasteiger partial charge in [-0.2, -0.15) is 0 Å². The number of fused-ring (bicyclic) bond motifs is 1. The highest BCUT2D eigenvalue weighted by molar-refractivity contribution is 6.37. The van der Waals surface area contributed by atoms with Crippen molar-refractivity contribution in [1.82, 2.24) is 4.98 Å². The van der Waals surface area contributed by atoms with Gasteiger partial charge in [0, 0.05) is 23.0 Å². The third-order valence-electron chi connectivity index (χ3n) is 2.03. The molecule has 68 valence electrons. The first kappa shape index (κ1) is 8.88. The summed E-state index contributed by atoms with van der Waals surface area (Å²) >= 11 is 12.0. The summed E-state index contributed by atoms with van der Waals surface area (Å²) in [6.45, 7) is 0.391. The third-order valence-corrected chi connectivity index (χ3v) is 2.67. The largest absolute Gasteiger partial charge is 0.345 e. The Kier molecular flexibility index (Phi) is 2.20. The molecule has 13 heavy (non-hydrogen) atoms. The average Bonchev–Trinajstić information content (AvgIpc) is 2.42. The lowest BCUT2D eigenvalue weighted by atomic mass is 10.2. The molecule has 0 radical (unpaired) electrons. The minimum absolute atomic E-state index is 0.391. The molecule has 0 saturated heterocycles. The summed E-state index contributed by atoms with van der Waals surface area (Å²) in [6.07, 6.45) is 0. The maximum Gasteiger partial charge on any atom is 0.111 e. The van der Waals surface area contributed by atoms with E-state index in [2.05, 4.69) is 4.98 Å². The standard InChI is InChI=1S/C9H8Cl2N2/c10-6-2-1-3-7-8(6)5(4-12)9(11)13-7/h1-3,13H,4,12H2. The number of H-pyrrole nitrogens is 1. The molecule has 0 aliphatic heterocycles. The molecule has 3 N–H and O–H groups in total. The van der Waals surface area contributed by atoms with Crippen LogP contribution in [0.15, 0.2) is 18.2 Å². The number of nitrogens with one attached hydrogen (secondary N) is 1. The van der Waals surface area contributed by atoms with Crippen molar-refractivity contribution in [2.75, 3.05) is 0 Å². The van der Waals surface area contributed by atoms with Gasteiger partial charge in [-0.25, -0.2) is 0 Å². The second kappa shape index (κ2) is 3.22. The van der Waals surface area contributed by atoms with Crippen LogP contribution in [-0.2, 0) is 6.54 Å². The molecule has 1 aromatic carbocycles. The van der Waals surface area contributed by atoms with Crippen molar-refractivity contribution in [3.8, 4) is 0 Å². The zero-order chi connectivity index (χ0) is 9.42. The molecule has 2 nitrogen and oxygen atoms in total. The second-order valence-corrected chi connectivity index (χ2v) is 3.57. The van der Waals surface area contributed by atoms with E-state index in [1.807, 2.05) is 18.2 Å². The number of aromatic nitrogens is 1. The number of nitrogens with two attached hydrogens (primary N) is 1. The van der Waals surface area contributed by atoms with Crippen molar-refractivity contribution < 1.29 is 0 Å². The molecule has 0 bridgehead atoms. The van der Waals surface area contributed by atoms with E-state index in [0.717, 1.165) is 16.5 Å². The predicted octanol–water partition coefficient (Wildman–Crippen LogP) is 2.93. The maximum atomic E-state index is 6.02. The Balaban J connectivity index is 2.88. The van der Waals surface area contributed by atoms with E-state index in [-0.39, 0.29) is 0 Å². The molecule has 2 aromatic rings. The summed E-state index contributed by atoms with van der Waals surface area (Å²) in [6, 6.07) is 5.62. The van der Waals surface area contributed by atoms with E-state index in [9.17, 15) is 0 Å². The quantitative estimate of drug-likeness (QED) is 0.754. The number of aromatic amines is 1. The molecule has 0 atom stereocenters. The van der Waals surface area contributed by atoms with Gasteiger partial charge in [0.05, 0.1) is 5.02 Å². The molecule has 0 spiro atoms.